The molecule has 7 nitrogen and oxygen atoms in total. The first-order chi connectivity index (χ1) is 19.7. The van der Waals surface area contributed by atoms with Crippen molar-refractivity contribution in [3.63, 3.8) is 0 Å². The van der Waals surface area contributed by atoms with Gasteiger partial charge >= 0.3 is 83.5 Å². The van der Waals surface area contributed by atoms with Crippen molar-refractivity contribution in [2.45, 2.75) is 57.4 Å². The van der Waals surface area contributed by atoms with E-state index in [1.165, 1.54) is 0 Å². The molecule has 0 aliphatic carbocycles. The number of nitrogens with zero attached hydrogens (tertiary/aromatic N) is 2. The summed E-state index contributed by atoms with van der Waals surface area (Å²) in [7, 11) is 0. The molecule has 0 radical (unpaired) electrons. The Morgan fingerprint density at radius 2 is 1.98 bits per heavy atom. The van der Waals surface area contributed by atoms with Crippen molar-refractivity contribution in [3.8, 4) is 6.07 Å². The third-order valence-corrected chi connectivity index (χ3v) is 9.00. The average molecular weight is 724 g/mol. The Balaban J connectivity index is 0.000000397. The summed E-state index contributed by atoms with van der Waals surface area (Å²) in [5.74, 6) is 0. The Morgan fingerprint density at radius 3 is 2.59 bits per heavy atom. The monoisotopic (exact) mass is 723 g/mol. The molecule has 1 amide bonds. The molecule has 41 heavy (non-hydrogen) atoms. The van der Waals surface area contributed by atoms with Crippen LogP contribution in [0.4, 0.5) is 18.0 Å². The number of hydrogen-bond acceptors (Lipinski definition) is 6. The Kier molecular flexibility index (Phi) is 13.4. The summed E-state index contributed by atoms with van der Waals surface area (Å²) >= 11 is 8.95. The van der Waals surface area contributed by atoms with Gasteiger partial charge in [0, 0.05) is 40.3 Å². The second-order valence-corrected chi connectivity index (χ2v) is 12.5. The molecule has 0 spiro atoms. The minimum Gasteiger partial charge on any atom is -0.343 e. The Hall–Kier alpha value is -2.18. The number of piperidine rings is 1. The molecule has 4 rings (SSSR count). The second-order valence-electron chi connectivity index (χ2n) is 9.51. The summed E-state index contributed by atoms with van der Waals surface area (Å²) in [6, 6.07) is 12.1. The number of nitriles is 1. The van der Waals surface area contributed by atoms with Crippen LogP contribution in [-0.4, -0.2) is 40.4 Å². The molecule has 1 fully saturated rings. The predicted octanol–water partition coefficient (Wildman–Crippen LogP) is 7.14. The van der Waals surface area contributed by atoms with Gasteiger partial charge in [-0.15, -0.1) is 0 Å². The Labute approximate surface area is 259 Å². The number of alkyl halides is 4. The van der Waals surface area contributed by atoms with Crippen molar-refractivity contribution in [1.29, 1.82) is 5.26 Å². The van der Waals surface area contributed by atoms with E-state index in [1.54, 1.807) is 41.1 Å². The number of rotatable bonds is 9. The van der Waals surface area contributed by atoms with E-state index < -0.39 is 39.9 Å². The van der Waals surface area contributed by atoms with Gasteiger partial charge in [-0.3, -0.25) is 5.32 Å². The number of halogens is 5. The number of thiol groups is 1. The van der Waals surface area contributed by atoms with Gasteiger partial charge in [0.25, 0.3) is 0 Å². The van der Waals surface area contributed by atoms with E-state index in [1.807, 2.05) is 12.1 Å². The smallest absolute Gasteiger partial charge is 0.343 e. The van der Waals surface area contributed by atoms with Gasteiger partial charge in [-0.25, -0.2) is 0 Å². The molecule has 1 saturated heterocycles. The molecule has 1 atom stereocenters. The van der Waals surface area contributed by atoms with Crippen molar-refractivity contribution in [1.82, 2.24) is 19.9 Å². The van der Waals surface area contributed by atoms with Crippen molar-refractivity contribution < 1.29 is 21.0 Å². The fourth-order valence-electron chi connectivity index (χ4n) is 4.44. The van der Waals surface area contributed by atoms with Crippen LogP contribution in [0, 0.1) is 11.3 Å². The summed E-state index contributed by atoms with van der Waals surface area (Å²) in [6.45, 7) is 3.89. The normalized spacial score (nSPS) is 14.7. The number of carbonyl (C=O) groups is 1. The zero-order chi connectivity index (χ0) is 29.8. The molecule has 3 aromatic rings. The number of benzene rings is 2. The van der Waals surface area contributed by atoms with Gasteiger partial charge in [0.1, 0.15) is 6.04 Å². The minimum absolute atomic E-state index is 0.180. The van der Waals surface area contributed by atoms with Gasteiger partial charge in [-0.1, -0.05) is 29.8 Å². The number of nitrogens with one attached hydrogen (secondary N) is 3. The third kappa shape index (κ3) is 10.2. The van der Waals surface area contributed by atoms with E-state index in [4.69, 9.17) is 14.7 Å². The van der Waals surface area contributed by atoms with Crippen LogP contribution >= 0.6 is 46.0 Å². The van der Waals surface area contributed by atoms with Crippen LogP contribution in [-0.2, 0) is 9.61 Å². The van der Waals surface area contributed by atoms with Crippen LogP contribution in [0.1, 0.15) is 55.3 Å². The maximum Gasteiger partial charge on any atom is 0.407 e. The molecule has 1 aliphatic heterocycles. The van der Waals surface area contributed by atoms with Gasteiger partial charge in [0.2, 0.25) is 0 Å². The SMILES string of the molecule is CCCC[IH]OC(=O)NS.N#Cc1ccc2c(C(NC3CCNCC3)C(F)(F)F)cn(Cc3ccc(Cl)cc3)c2c1. The molecule has 1 aliphatic rings. The second kappa shape index (κ2) is 16.5. The molecular weight excluding hydrogens is 690 g/mol. The van der Waals surface area contributed by atoms with Crippen LogP contribution in [0.3, 0.4) is 0 Å². The van der Waals surface area contributed by atoms with Crippen LogP contribution in [0.25, 0.3) is 10.9 Å². The fraction of sp³-hybridized carbons (Fsp3) is 0.429. The van der Waals surface area contributed by atoms with E-state index in [0.29, 0.717) is 54.0 Å². The zero-order valence-corrected chi connectivity index (χ0v) is 26.5. The van der Waals surface area contributed by atoms with Crippen LogP contribution < -0.4 is 15.4 Å². The van der Waals surface area contributed by atoms with E-state index in [-0.39, 0.29) is 11.6 Å². The van der Waals surface area contributed by atoms with Crippen molar-refractivity contribution in [2.75, 3.05) is 17.5 Å². The van der Waals surface area contributed by atoms with Crippen LogP contribution in [0.15, 0.2) is 48.7 Å². The molecule has 2 aromatic carbocycles. The van der Waals surface area contributed by atoms with E-state index in [0.717, 1.165) is 22.8 Å². The average Bonchev–Trinajstić information content (AvgIpc) is 3.32. The maximum absolute atomic E-state index is 14.2. The van der Waals surface area contributed by atoms with E-state index in [9.17, 15) is 23.2 Å². The summed E-state index contributed by atoms with van der Waals surface area (Å²) in [6.07, 6.45) is 0.314. The third-order valence-electron chi connectivity index (χ3n) is 6.50. The van der Waals surface area contributed by atoms with Crippen molar-refractivity contribution in [2.24, 2.45) is 0 Å². The summed E-state index contributed by atoms with van der Waals surface area (Å²) < 4.78 is 52.2. The van der Waals surface area contributed by atoms with Gasteiger partial charge in [0.15, 0.2) is 0 Å². The first kappa shape index (κ1) is 33.3. The quantitative estimate of drug-likeness (QED) is 0.0817. The molecule has 0 bridgehead atoms. The Bertz CT molecular complexity index is 1310. The fourth-order valence-corrected chi connectivity index (χ4v) is 6.63. The molecule has 224 valence electrons. The molecule has 1 aromatic heterocycles. The number of fused-ring (bicyclic) bond motifs is 1. The first-order valence-electron chi connectivity index (χ1n) is 13.2. The number of amides is 1. The molecule has 1 unspecified atom stereocenters. The standard InChI is InChI=1S/C23H22ClF3N4.C5H12INO2S/c24-17-4-1-15(2-5-17)13-31-14-20(19-6-3-16(12-28)11-21(19)31)22(23(25,26)27)30-18-7-9-29-10-8-18;1-2-3-4-6-9-5(8)7-10/h1-6,11,14,18,22,29-30H,7-10,13H2;6,10H,2-4H2,1H3,(H,7,8). The first-order valence-corrected chi connectivity index (χ1v) is 16.6. The number of aromatic nitrogens is 1. The van der Waals surface area contributed by atoms with Gasteiger partial charge in [0.05, 0.1) is 11.6 Å². The Morgan fingerprint density at radius 1 is 1.27 bits per heavy atom. The summed E-state index contributed by atoms with van der Waals surface area (Å²) in [5.41, 5.74) is 2.10. The molecular formula is C28H34ClF3IN5O2S. The molecule has 0 saturated carbocycles. The molecule has 3 N–H and O–H groups in total. The summed E-state index contributed by atoms with van der Waals surface area (Å²) in [5, 5.41) is 16.4. The molecule has 2 heterocycles. The number of hydrogen-bond donors (Lipinski definition) is 4. The largest absolute Gasteiger partial charge is 0.407 e. The van der Waals surface area contributed by atoms with E-state index in [2.05, 4.69) is 41.2 Å². The van der Waals surface area contributed by atoms with Gasteiger partial charge < -0.3 is 9.88 Å². The summed E-state index contributed by atoms with van der Waals surface area (Å²) in [4.78, 5) is 10.4. The maximum atomic E-state index is 14.2. The molecule has 13 heteroatoms. The number of unbranched alkanes of at least 4 members (excludes halogenated alkanes) is 1. The number of carbonyl (C=O) groups excluding carboxylic acids is 1. The zero-order valence-electron chi connectivity index (χ0n) is 22.5. The van der Waals surface area contributed by atoms with Crippen LogP contribution in [0.5, 0.6) is 0 Å². The van der Waals surface area contributed by atoms with Crippen molar-refractivity contribution >= 4 is 63.0 Å². The predicted molar refractivity (Wildman–Crippen MR) is 169 cm³/mol. The van der Waals surface area contributed by atoms with Gasteiger partial charge in [-0.2, -0.15) is 18.4 Å². The van der Waals surface area contributed by atoms with Gasteiger partial charge in [-0.05, 0) is 55.8 Å². The van der Waals surface area contributed by atoms with Crippen molar-refractivity contribution in [3.05, 3.63) is 70.4 Å². The topological polar surface area (TPSA) is 91.1 Å². The van der Waals surface area contributed by atoms with Crippen LogP contribution in [0.2, 0.25) is 5.02 Å². The van der Waals surface area contributed by atoms with E-state index >= 15 is 0 Å². The minimum atomic E-state index is -4.45.